The lowest BCUT2D eigenvalue weighted by Gasteiger charge is -2.20. The van der Waals surface area contributed by atoms with Gasteiger partial charge < -0.3 is 25.1 Å². The minimum atomic E-state index is -0.272. The average molecular weight is 552 g/mol. The molecule has 0 unspecified atom stereocenters. The molecule has 4 rings (SSSR count). The van der Waals surface area contributed by atoms with Gasteiger partial charge in [0.25, 0.3) is 0 Å². The Kier molecular flexibility index (Phi) is 8.75. The van der Waals surface area contributed by atoms with E-state index in [9.17, 15) is 4.39 Å². The number of fused-ring (bicyclic) bond motifs is 2. The van der Waals surface area contributed by atoms with Crippen LogP contribution in [0.25, 0.3) is 10.9 Å². The van der Waals surface area contributed by atoms with Crippen molar-refractivity contribution >= 4 is 40.8 Å². The Morgan fingerprint density at radius 1 is 1.16 bits per heavy atom. The largest absolute Gasteiger partial charge is 0.467 e. The van der Waals surface area contributed by atoms with E-state index in [1.165, 1.54) is 34.2 Å². The minimum Gasteiger partial charge on any atom is -0.467 e. The van der Waals surface area contributed by atoms with Gasteiger partial charge in [0.1, 0.15) is 11.6 Å². The van der Waals surface area contributed by atoms with Crippen LogP contribution in [0.15, 0.2) is 41.5 Å². The second kappa shape index (κ2) is 11.5. The molecular formula is C24H30FIN4O2. The first kappa shape index (κ1) is 24.3. The third-order valence-electron chi connectivity index (χ3n) is 5.36. The highest BCUT2D eigenvalue weighted by Crippen LogP contribution is 2.29. The number of nitrogens with zero attached hydrogens (tertiary/aromatic N) is 1. The number of H-pyrrole nitrogens is 1. The Balaban J connectivity index is 0.00000289. The van der Waals surface area contributed by atoms with Gasteiger partial charge in [0.05, 0.1) is 6.61 Å². The van der Waals surface area contributed by atoms with Crippen molar-refractivity contribution in [3.05, 3.63) is 64.6 Å². The fraction of sp³-hybridized carbons (Fsp3) is 0.375. The number of nitrogens with one attached hydrogen (secondary N) is 3. The predicted octanol–water partition coefficient (Wildman–Crippen LogP) is 4.44. The van der Waals surface area contributed by atoms with E-state index >= 15 is 0 Å². The number of aromatic nitrogens is 1. The molecule has 0 saturated heterocycles. The zero-order valence-electron chi connectivity index (χ0n) is 18.5. The normalized spacial score (nSPS) is 13.3. The van der Waals surface area contributed by atoms with Gasteiger partial charge in [-0.15, -0.1) is 24.0 Å². The number of aliphatic imine (C=N–C) groups is 1. The Morgan fingerprint density at radius 3 is 2.88 bits per heavy atom. The molecule has 32 heavy (non-hydrogen) atoms. The summed E-state index contributed by atoms with van der Waals surface area (Å²) >= 11 is 0. The molecule has 0 spiro atoms. The summed E-state index contributed by atoms with van der Waals surface area (Å²) in [5.74, 6) is 1.22. The first-order valence-electron chi connectivity index (χ1n) is 10.7. The Morgan fingerprint density at radius 2 is 2.03 bits per heavy atom. The van der Waals surface area contributed by atoms with Crippen molar-refractivity contribution in [2.75, 3.05) is 26.4 Å². The average Bonchev–Trinajstić information content (AvgIpc) is 3.15. The molecule has 0 amide bonds. The summed E-state index contributed by atoms with van der Waals surface area (Å²) in [6, 6.07) is 9.47. The molecule has 3 aromatic rings. The standard InChI is InChI=1S/C24H29FN4O2.HI/c1-3-26-24(28-9-7-18-13-29-22-10-16(2)4-5-21(18)22)27-8-6-17-11-20(25)12-19-14-30-15-31-23(17)19;/h4-5,10-13,29H,3,6-9,14-15H2,1-2H3,(H2,26,27,28);1H. The van der Waals surface area contributed by atoms with Crippen molar-refractivity contribution in [3.63, 3.8) is 0 Å². The van der Waals surface area contributed by atoms with Gasteiger partial charge in [-0.25, -0.2) is 4.39 Å². The molecular weight excluding hydrogens is 522 g/mol. The van der Waals surface area contributed by atoms with Crippen molar-refractivity contribution in [3.8, 4) is 5.75 Å². The number of hydrogen-bond donors (Lipinski definition) is 3. The smallest absolute Gasteiger partial charge is 0.191 e. The molecule has 3 N–H and O–H groups in total. The molecule has 8 heteroatoms. The highest BCUT2D eigenvalue weighted by Gasteiger charge is 2.16. The number of benzene rings is 2. The first-order valence-corrected chi connectivity index (χ1v) is 10.7. The van der Waals surface area contributed by atoms with E-state index in [1.807, 2.05) is 6.92 Å². The van der Waals surface area contributed by atoms with E-state index in [1.54, 1.807) is 0 Å². The topological polar surface area (TPSA) is 70.7 Å². The van der Waals surface area contributed by atoms with Crippen molar-refractivity contribution in [1.29, 1.82) is 0 Å². The molecule has 172 valence electrons. The first-order chi connectivity index (χ1) is 15.1. The van der Waals surface area contributed by atoms with Gasteiger partial charge in [0.15, 0.2) is 12.8 Å². The van der Waals surface area contributed by atoms with Gasteiger partial charge in [-0.2, -0.15) is 0 Å². The fourth-order valence-electron chi connectivity index (χ4n) is 3.89. The summed E-state index contributed by atoms with van der Waals surface area (Å²) in [6.45, 7) is 6.78. The fourth-order valence-corrected chi connectivity index (χ4v) is 3.89. The Bertz CT molecular complexity index is 1080. The molecule has 1 aromatic heterocycles. The van der Waals surface area contributed by atoms with Gasteiger partial charge in [-0.05, 0) is 61.6 Å². The van der Waals surface area contributed by atoms with E-state index in [4.69, 9.17) is 9.47 Å². The molecule has 0 fully saturated rings. The summed E-state index contributed by atoms with van der Waals surface area (Å²) in [7, 11) is 0. The quantitative estimate of drug-likeness (QED) is 0.230. The second-order valence-corrected chi connectivity index (χ2v) is 7.71. The van der Waals surface area contributed by atoms with Gasteiger partial charge in [-0.3, -0.25) is 4.99 Å². The van der Waals surface area contributed by atoms with E-state index < -0.39 is 0 Å². The lowest BCUT2D eigenvalue weighted by molar-refractivity contribution is -0.0172. The van der Waals surface area contributed by atoms with E-state index in [0.717, 1.165) is 42.3 Å². The molecule has 6 nitrogen and oxygen atoms in total. The van der Waals surface area contributed by atoms with Crippen LogP contribution in [0.4, 0.5) is 4.39 Å². The minimum absolute atomic E-state index is 0. The number of hydrogen-bond acceptors (Lipinski definition) is 3. The van der Waals surface area contributed by atoms with Crippen LogP contribution in [0.5, 0.6) is 5.75 Å². The van der Waals surface area contributed by atoms with Crippen molar-refractivity contribution in [1.82, 2.24) is 15.6 Å². The van der Waals surface area contributed by atoms with Gasteiger partial charge in [-0.1, -0.05) is 12.1 Å². The van der Waals surface area contributed by atoms with Gasteiger partial charge in [0, 0.05) is 42.3 Å². The molecule has 2 heterocycles. The number of halogens is 2. The molecule has 2 aromatic carbocycles. The van der Waals surface area contributed by atoms with Crippen LogP contribution >= 0.6 is 24.0 Å². The van der Waals surface area contributed by atoms with E-state index in [0.29, 0.717) is 19.6 Å². The van der Waals surface area contributed by atoms with Crippen LogP contribution < -0.4 is 15.4 Å². The highest BCUT2D eigenvalue weighted by atomic mass is 127. The summed E-state index contributed by atoms with van der Waals surface area (Å²) in [5.41, 5.74) is 5.28. The number of rotatable bonds is 7. The van der Waals surface area contributed by atoms with Crippen LogP contribution in [0.2, 0.25) is 0 Å². The number of aryl methyl sites for hydroxylation is 1. The maximum atomic E-state index is 13.9. The van der Waals surface area contributed by atoms with Crippen LogP contribution in [0, 0.1) is 12.7 Å². The molecule has 0 saturated carbocycles. The Labute approximate surface area is 205 Å². The van der Waals surface area contributed by atoms with Crippen LogP contribution in [-0.2, 0) is 24.2 Å². The molecule has 0 atom stereocenters. The molecule has 0 aliphatic carbocycles. The molecule has 0 radical (unpaired) electrons. The molecule has 1 aliphatic rings. The van der Waals surface area contributed by atoms with E-state index in [-0.39, 0.29) is 36.6 Å². The van der Waals surface area contributed by atoms with Crippen molar-refractivity contribution in [2.45, 2.75) is 33.3 Å². The number of ether oxygens (including phenoxy) is 2. The number of aromatic amines is 1. The van der Waals surface area contributed by atoms with Crippen molar-refractivity contribution < 1.29 is 13.9 Å². The second-order valence-electron chi connectivity index (χ2n) is 7.71. The third kappa shape index (κ3) is 5.92. The monoisotopic (exact) mass is 552 g/mol. The predicted molar refractivity (Wildman–Crippen MR) is 137 cm³/mol. The van der Waals surface area contributed by atoms with E-state index in [2.05, 4.69) is 51.9 Å². The van der Waals surface area contributed by atoms with Gasteiger partial charge >= 0.3 is 0 Å². The van der Waals surface area contributed by atoms with Crippen LogP contribution in [0.3, 0.4) is 0 Å². The van der Waals surface area contributed by atoms with Crippen LogP contribution in [0.1, 0.15) is 29.2 Å². The number of guanidine groups is 1. The Hall–Kier alpha value is -2.33. The molecule has 0 bridgehead atoms. The zero-order chi connectivity index (χ0) is 21.6. The lowest BCUT2D eigenvalue weighted by Crippen LogP contribution is -2.38. The zero-order valence-corrected chi connectivity index (χ0v) is 20.8. The lowest BCUT2D eigenvalue weighted by atomic mass is 10.1. The maximum Gasteiger partial charge on any atom is 0.191 e. The van der Waals surface area contributed by atoms with Gasteiger partial charge in [0.2, 0.25) is 0 Å². The summed E-state index contributed by atoms with van der Waals surface area (Å²) in [6.07, 6.45) is 3.56. The van der Waals surface area contributed by atoms with Crippen molar-refractivity contribution in [2.24, 2.45) is 4.99 Å². The molecule has 1 aliphatic heterocycles. The SMILES string of the molecule is CCNC(=NCCc1cc(F)cc2c1OCOC2)NCCc1c[nH]c2cc(C)ccc12.I. The van der Waals surface area contributed by atoms with Crippen LogP contribution in [-0.4, -0.2) is 37.4 Å². The third-order valence-corrected chi connectivity index (χ3v) is 5.36. The summed E-state index contributed by atoms with van der Waals surface area (Å²) < 4.78 is 24.8. The maximum absolute atomic E-state index is 13.9. The summed E-state index contributed by atoms with van der Waals surface area (Å²) in [5, 5.41) is 7.93. The summed E-state index contributed by atoms with van der Waals surface area (Å²) in [4.78, 5) is 8.01. The highest BCUT2D eigenvalue weighted by molar-refractivity contribution is 14.0.